The molecule has 2 aromatic carbocycles. The van der Waals surface area contributed by atoms with Gasteiger partial charge in [0.05, 0.1) is 24.7 Å². The van der Waals surface area contributed by atoms with Crippen LogP contribution in [0, 0.1) is 0 Å². The first kappa shape index (κ1) is 18.7. The van der Waals surface area contributed by atoms with Gasteiger partial charge in [0.15, 0.2) is 5.78 Å². The molecule has 6 nitrogen and oxygen atoms in total. The van der Waals surface area contributed by atoms with Crippen LogP contribution in [0.2, 0.25) is 0 Å². The van der Waals surface area contributed by atoms with Gasteiger partial charge in [-0.1, -0.05) is 42.5 Å². The van der Waals surface area contributed by atoms with E-state index in [0.29, 0.717) is 38.4 Å². The maximum atomic E-state index is 12.7. The van der Waals surface area contributed by atoms with Crippen LogP contribution in [-0.4, -0.2) is 51.4 Å². The van der Waals surface area contributed by atoms with E-state index in [1.165, 1.54) is 16.4 Å². The van der Waals surface area contributed by atoms with Crippen LogP contribution in [0.5, 0.6) is 0 Å². The highest BCUT2D eigenvalue weighted by molar-refractivity contribution is 7.89. The molecule has 0 amide bonds. The van der Waals surface area contributed by atoms with Crippen molar-refractivity contribution < 1.29 is 17.9 Å². The van der Waals surface area contributed by atoms with E-state index < -0.39 is 10.0 Å². The van der Waals surface area contributed by atoms with Crippen molar-refractivity contribution in [3.63, 3.8) is 0 Å². The minimum Gasteiger partial charge on any atom is -0.379 e. The lowest BCUT2D eigenvalue weighted by atomic mass is 10.1. The Hall–Kier alpha value is -2.06. The second-order valence-corrected chi connectivity index (χ2v) is 7.99. The van der Waals surface area contributed by atoms with Crippen LogP contribution < -0.4 is 5.32 Å². The average molecular weight is 374 g/mol. The number of benzene rings is 2. The molecule has 2 aromatic rings. The zero-order valence-corrected chi connectivity index (χ0v) is 15.2. The van der Waals surface area contributed by atoms with E-state index in [0.717, 1.165) is 5.56 Å². The van der Waals surface area contributed by atoms with E-state index in [1.54, 1.807) is 12.1 Å². The van der Waals surface area contributed by atoms with Crippen molar-refractivity contribution in [1.82, 2.24) is 9.62 Å². The number of morpholine rings is 1. The number of rotatable bonds is 7. The molecule has 0 atom stereocenters. The number of carbonyl (C=O) groups is 1. The molecule has 0 unspecified atom stereocenters. The van der Waals surface area contributed by atoms with Crippen LogP contribution in [0.3, 0.4) is 0 Å². The average Bonchev–Trinajstić information content (AvgIpc) is 2.69. The number of ketones is 1. The van der Waals surface area contributed by atoms with Crippen LogP contribution in [0.25, 0.3) is 0 Å². The Morgan fingerprint density at radius 1 is 1.04 bits per heavy atom. The van der Waals surface area contributed by atoms with Crippen LogP contribution >= 0.6 is 0 Å². The molecule has 0 aliphatic carbocycles. The number of nitrogens with zero attached hydrogens (tertiary/aromatic N) is 1. The molecule has 26 heavy (non-hydrogen) atoms. The van der Waals surface area contributed by atoms with Crippen LogP contribution in [-0.2, 0) is 21.3 Å². The van der Waals surface area contributed by atoms with Crippen LogP contribution in [0.4, 0.5) is 0 Å². The topological polar surface area (TPSA) is 75.7 Å². The number of sulfonamides is 1. The van der Waals surface area contributed by atoms with Gasteiger partial charge in [-0.3, -0.25) is 4.79 Å². The molecule has 0 radical (unpaired) electrons. The standard InChI is InChI=1S/C19H22N2O4S/c22-19(15-20-14-16-5-2-1-3-6-16)17-7-4-8-18(13-17)26(23,24)21-9-11-25-12-10-21/h1-8,13,20H,9-12,14-15H2. The molecule has 0 saturated carbocycles. The predicted octanol–water partition coefficient (Wildman–Crippen LogP) is 1.68. The lowest BCUT2D eigenvalue weighted by Crippen LogP contribution is -2.40. The number of nitrogens with one attached hydrogen (secondary N) is 1. The van der Waals surface area contributed by atoms with Crippen molar-refractivity contribution in [2.45, 2.75) is 11.4 Å². The van der Waals surface area contributed by atoms with Gasteiger partial charge >= 0.3 is 0 Å². The minimum atomic E-state index is -3.60. The second-order valence-electron chi connectivity index (χ2n) is 6.06. The molecule has 1 fully saturated rings. The molecule has 1 aliphatic rings. The molecule has 1 N–H and O–H groups in total. The summed E-state index contributed by atoms with van der Waals surface area (Å²) in [4.78, 5) is 12.5. The van der Waals surface area contributed by atoms with Crippen molar-refractivity contribution in [3.05, 3.63) is 65.7 Å². The molecule has 138 valence electrons. The third kappa shape index (κ3) is 4.56. The third-order valence-electron chi connectivity index (χ3n) is 4.22. The van der Waals surface area contributed by atoms with E-state index in [-0.39, 0.29) is 17.2 Å². The van der Waals surface area contributed by atoms with Gasteiger partial charge in [-0.2, -0.15) is 4.31 Å². The largest absolute Gasteiger partial charge is 0.379 e. The number of hydrogen-bond donors (Lipinski definition) is 1. The molecule has 7 heteroatoms. The smallest absolute Gasteiger partial charge is 0.243 e. The van der Waals surface area contributed by atoms with Gasteiger partial charge in [-0.05, 0) is 17.7 Å². The van der Waals surface area contributed by atoms with E-state index in [4.69, 9.17) is 4.74 Å². The highest BCUT2D eigenvalue weighted by Crippen LogP contribution is 2.18. The van der Waals surface area contributed by atoms with Crippen molar-refractivity contribution in [1.29, 1.82) is 0 Å². The van der Waals surface area contributed by atoms with Gasteiger partial charge in [0.25, 0.3) is 0 Å². The van der Waals surface area contributed by atoms with Crippen molar-refractivity contribution in [2.24, 2.45) is 0 Å². The Kier molecular flexibility index (Phi) is 6.16. The summed E-state index contributed by atoms with van der Waals surface area (Å²) in [6, 6.07) is 16.0. The summed E-state index contributed by atoms with van der Waals surface area (Å²) in [5.41, 5.74) is 1.48. The Bertz CT molecular complexity index is 847. The van der Waals surface area contributed by atoms with Gasteiger partial charge in [0.1, 0.15) is 0 Å². The summed E-state index contributed by atoms with van der Waals surface area (Å²) in [6.07, 6.45) is 0. The SMILES string of the molecule is O=C(CNCc1ccccc1)c1cccc(S(=O)(=O)N2CCOCC2)c1. The summed E-state index contributed by atoms with van der Waals surface area (Å²) < 4.78 is 32.0. The molecule has 1 heterocycles. The Morgan fingerprint density at radius 3 is 2.50 bits per heavy atom. The number of ether oxygens (including phenoxy) is 1. The first-order valence-electron chi connectivity index (χ1n) is 8.53. The van der Waals surface area contributed by atoms with E-state index in [9.17, 15) is 13.2 Å². The quantitative estimate of drug-likeness (QED) is 0.747. The summed E-state index contributed by atoms with van der Waals surface area (Å²) >= 11 is 0. The Labute approximate surface area is 153 Å². The molecule has 3 rings (SSSR count). The first-order valence-corrected chi connectivity index (χ1v) is 9.97. The number of hydrogen-bond acceptors (Lipinski definition) is 5. The fourth-order valence-corrected chi connectivity index (χ4v) is 4.24. The lowest BCUT2D eigenvalue weighted by molar-refractivity contribution is 0.0730. The van der Waals surface area contributed by atoms with Crippen LogP contribution in [0.1, 0.15) is 15.9 Å². The number of carbonyl (C=O) groups excluding carboxylic acids is 1. The fraction of sp³-hybridized carbons (Fsp3) is 0.316. The molecule has 0 spiro atoms. The van der Waals surface area contributed by atoms with Crippen LogP contribution in [0.15, 0.2) is 59.5 Å². The summed E-state index contributed by atoms with van der Waals surface area (Å²) in [7, 11) is -3.60. The molecule has 1 aliphatic heterocycles. The zero-order valence-electron chi connectivity index (χ0n) is 14.4. The van der Waals surface area contributed by atoms with E-state index in [1.807, 2.05) is 30.3 Å². The van der Waals surface area contributed by atoms with Crippen molar-refractivity contribution >= 4 is 15.8 Å². The number of Topliss-reactive ketones (excluding diaryl/α,β-unsaturated/α-hetero) is 1. The van der Waals surface area contributed by atoms with Gasteiger partial charge < -0.3 is 10.1 Å². The molecular weight excluding hydrogens is 352 g/mol. The highest BCUT2D eigenvalue weighted by Gasteiger charge is 2.26. The lowest BCUT2D eigenvalue weighted by Gasteiger charge is -2.26. The summed E-state index contributed by atoms with van der Waals surface area (Å²) in [6.45, 7) is 2.18. The maximum absolute atomic E-state index is 12.7. The minimum absolute atomic E-state index is 0.139. The molecule has 0 bridgehead atoms. The fourth-order valence-electron chi connectivity index (χ4n) is 2.78. The van der Waals surface area contributed by atoms with Crippen molar-refractivity contribution in [2.75, 3.05) is 32.8 Å². The molecular formula is C19H22N2O4S. The van der Waals surface area contributed by atoms with Gasteiger partial charge in [0, 0.05) is 25.2 Å². The summed E-state index contributed by atoms with van der Waals surface area (Å²) in [5, 5.41) is 3.10. The van der Waals surface area contributed by atoms with Gasteiger partial charge in [-0.15, -0.1) is 0 Å². The zero-order chi connectivity index (χ0) is 18.4. The summed E-state index contributed by atoms with van der Waals surface area (Å²) in [5.74, 6) is -0.139. The normalized spacial score (nSPS) is 15.7. The Balaban J connectivity index is 1.65. The van der Waals surface area contributed by atoms with E-state index in [2.05, 4.69) is 5.32 Å². The Morgan fingerprint density at radius 2 is 1.77 bits per heavy atom. The predicted molar refractivity (Wildman–Crippen MR) is 98.5 cm³/mol. The third-order valence-corrected chi connectivity index (χ3v) is 6.12. The molecule has 1 saturated heterocycles. The first-order chi connectivity index (χ1) is 12.6. The monoisotopic (exact) mass is 374 g/mol. The van der Waals surface area contributed by atoms with Gasteiger partial charge in [0.2, 0.25) is 10.0 Å². The van der Waals surface area contributed by atoms with E-state index >= 15 is 0 Å². The second kappa shape index (κ2) is 8.55. The highest BCUT2D eigenvalue weighted by atomic mass is 32.2. The van der Waals surface area contributed by atoms with Gasteiger partial charge in [-0.25, -0.2) is 8.42 Å². The van der Waals surface area contributed by atoms with Crippen molar-refractivity contribution in [3.8, 4) is 0 Å². The molecule has 0 aromatic heterocycles. The maximum Gasteiger partial charge on any atom is 0.243 e.